The van der Waals surface area contributed by atoms with Crippen molar-refractivity contribution in [2.45, 2.75) is 50.9 Å². The Morgan fingerprint density at radius 2 is 1.76 bits per heavy atom. The molecule has 1 aliphatic rings. The highest BCUT2D eigenvalue weighted by molar-refractivity contribution is 7.99. The zero-order chi connectivity index (χ0) is 20.2. The molecule has 29 heavy (non-hydrogen) atoms. The Labute approximate surface area is 176 Å². The largest absolute Gasteiger partial charge is 0.337 e. The Bertz CT molecular complexity index is 925. The monoisotopic (exact) mass is 408 g/mol. The fourth-order valence-corrected chi connectivity index (χ4v) is 5.07. The maximum absolute atomic E-state index is 12.8. The minimum Gasteiger partial charge on any atom is -0.337 e. The number of carbonyl (C=O) groups excluding carboxylic acids is 1. The molecule has 1 aromatic carbocycles. The quantitative estimate of drug-likeness (QED) is 0.594. The van der Waals surface area contributed by atoms with Crippen molar-refractivity contribution in [1.29, 1.82) is 0 Å². The summed E-state index contributed by atoms with van der Waals surface area (Å²) in [6.45, 7) is 4.35. The first-order valence-electron chi connectivity index (χ1n) is 10.3. The second kappa shape index (κ2) is 8.91. The standard InChI is InChI=1S/C23H28N4OS/c1-18-9-8-10-19(2)26(18)22(28)17-29-16-20-15-24-27(21-11-4-3-5-12-21)23(20)25-13-6-7-14-25/h3-7,11-15,18-19H,8-10,16-17H2,1-2H3/t18-,19+. The molecule has 0 N–H and O–H groups in total. The topological polar surface area (TPSA) is 43.1 Å². The molecule has 3 aromatic rings. The number of likely N-dealkylation sites (tertiary alicyclic amines) is 1. The number of para-hydroxylation sites is 1. The highest BCUT2D eigenvalue weighted by Gasteiger charge is 2.28. The molecule has 1 amide bonds. The van der Waals surface area contributed by atoms with Crippen LogP contribution in [0.15, 0.2) is 61.1 Å². The third-order valence-electron chi connectivity index (χ3n) is 5.63. The van der Waals surface area contributed by atoms with Gasteiger partial charge in [0.2, 0.25) is 5.91 Å². The molecular weight excluding hydrogens is 380 g/mol. The van der Waals surface area contributed by atoms with Gasteiger partial charge in [-0.15, -0.1) is 11.8 Å². The molecule has 3 heterocycles. The van der Waals surface area contributed by atoms with Crippen molar-refractivity contribution in [2.75, 3.05) is 5.75 Å². The van der Waals surface area contributed by atoms with E-state index in [9.17, 15) is 4.79 Å². The Morgan fingerprint density at radius 3 is 2.45 bits per heavy atom. The lowest BCUT2D eigenvalue weighted by molar-refractivity contribution is -0.134. The summed E-state index contributed by atoms with van der Waals surface area (Å²) in [5.41, 5.74) is 2.15. The zero-order valence-corrected chi connectivity index (χ0v) is 17.9. The van der Waals surface area contributed by atoms with Crippen molar-refractivity contribution in [2.24, 2.45) is 0 Å². The number of thioether (sulfide) groups is 1. The van der Waals surface area contributed by atoms with Gasteiger partial charge in [0.05, 0.1) is 17.6 Å². The van der Waals surface area contributed by atoms with Crippen molar-refractivity contribution >= 4 is 17.7 Å². The van der Waals surface area contributed by atoms with Gasteiger partial charge in [-0.1, -0.05) is 18.2 Å². The molecule has 0 unspecified atom stereocenters. The van der Waals surface area contributed by atoms with E-state index >= 15 is 0 Å². The van der Waals surface area contributed by atoms with E-state index in [2.05, 4.69) is 40.5 Å². The van der Waals surface area contributed by atoms with Crippen LogP contribution in [-0.4, -0.2) is 43.0 Å². The third-order valence-corrected chi connectivity index (χ3v) is 6.60. The van der Waals surface area contributed by atoms with Gasteiger partial charge in [0.15, 0.2) is 0 Å². The molecule has 6 heteroatoms. The molecule has 5 nitrogen and oxygen atoms in total. The van der Waals surface area contributed by atoms with Crippen molar-refractivity contribution in [3.05, 3.63) is 66.6 Å². The van der Waals surface area contributed by atoms with E-state index in [0.717, 1.165) is 35.7 Å². The summed E-state index contributed by atoms with van der Waals surface area (Å²) < 4.78 is 4.05. The van der Waals surface area contributed by atoms with Crippen LogP contribution in [0.4, 0.5) is 0 Å². The lowest BCUT2D eigenvalue weighted by atomic mass is 9.98. The molecule has 0 radical (unpaired) electrons. The number of carbonyl (C=O) groups is 1. The van der Waals surface area contributed by atoms with Gasteiger partial charge in [0.1, 0.15) is 5.82 Å². The van der Waals surface area contributed by atoms with Crippen LogP contribution in [0.5, 0.6) is 0 Å². The van der Waals surface area contributed by atoms with Crippen LogP contribution in [0.1, 0.15) is 38.7 Å². The van der Waals surface area contributed by atoms with Gasteiger partial charge in [-0.25, -0.2) is 4.68 Å². The van der Waals surface area contributed by atoms with Crippen LogP contribution in [-0.2, 0) is 10.5 Å². The molecule has 0 saturated carbocycles. The summed E-state index contributed by atoms with van der Waals surface area (Å²) in [6, 6.07) is 14.9. The van der Waals surface area contributed by atoms with Gasteiger partial charge in [0.25, 0.3) is 0 Å². The van der Waals surface area contributed by atoms with Gasteiger partial charge in [-0.05, 0) is 57.4 Å². The van der Waals surface area contributed by atoms with E-state index < -0.39 is 0 Å². The summed E-state index contributed by atoms with van der Waals surface area (Å²) in [5, 5.41) is 4.64. The highest BCUT2D eigenvalue weighted by atomic mass is 32.2. The maximum atomic E-state index is 12.8. The Morgan fingerprint density at radius 1 is 1.07 bits per heavy atom. The normalized spacial score (nSPS) is 19.4. The Kier molecular flexibility index (Phi) is 6.09. The average Bonchev–Trinajstić information content (AvgIpc) is 3.38. The number of hydrogen-bond donors (Lipinski definition) is 0. The summed E-state index contributed by atoms with van der Waals surface area (Å²) in [7, 11) is 0. The van der Waals surface area contributed by atoms with Gasteiger partial charge in [0, 0.05) is 35.8 Å². The molecule has 4 rings (SSSR count). The van der Waals surface area contributed by atoms with Crippen LogP contribution >= 0.6 is 11.8 Å². The summed E-state index contributed by atoms with van der Waals surface area (Å²) in [6.07, 6.45) is 9.44. The summed E-state index contributed by atoms with van der Waals surface area (Å²) in [5.74, 6) is 2.55. The number of benzene rings is 1. The molecule has 0 bridgehead atoms. The third kappa shape index (κ3) is 4.27. The van der Waals surface area contributed by atoms with E-state index in [1.165, 1.54) is 6.42 Å². The predicted octanol–water partition coefficient (Wildman–Crippen LogP) is 4.69. The highest BCUT2D eigenvalue weighted by Crippen LogP contribution is 2.26. The van der Waals surface area contributed by atoms with Gasteiger partial charge >= 0.3 is 0 Å². The van der Waals surface area contributed by atoms with Gasteiger partial charge < -0.3 is 9.47 Å². The second-order valence-corrected chi connectivity index (χ2v) is 8.74. The van der Waals surface area contributed by atoms with Crippen molar-refractivity contribution in [3.63, 3.8) is 0 Å². The first kappa shape index (κ1) is 19.8. The SMILES string of the molecule is C[C@@H]1CCC[C@H](C)N1C(=O)CSCc1cnn(-c2ccccc2)c1-n1cccc1. The Hall–Kier alpha value is -2.47. The summed E-state index contributed by atoms with van der Waals surface area (Å²) >= 11 is 1.67. The lowest BCUT2D eigenvalue weighted by Crippen LogP contribution is -2.48. The van der Waals surface area contributed by atoms with E-state index in [0.29, 0.717) is 17.8 Å². The number of aromatic nitrogens is 3. The fraction of sp³-hybridized carbons (Fsp3) is 0.391. The van der Waals surface area contributed by atoms with Crippen molar-refractivity contribution in [1.82, 2.24) is 19.2 Å². The van der Waals surface area contributed by atoms with Gasteiger partial charge in [-0.2, -0.15) is 5.10 Å². The average molecular weight is 409 g/mol. The van der Waals surface area contributed by atoms with E-state index in [1.807, 2.05) is 53.6 Å². The van der Waals surface area contributed by atoms with Crippen molar-refractivity contribution in [3.8, 4) is 11.5 Å². The molecule has 1 saturated heterocycles. The maximum Gasteiger partial charge on any atom is 0.233 e. The lowest BCUT2D eigenvalue weighted by Gasteiger charge is -2.39. The van der Waals surface area contributed by atoms with E-state index in [4.69, 9.17) is 0 Å². The van der Waals surface area contributed by atoms with Gasteiger partial charge in [-0.3, -0.25) is 4.79 Å². The zero-order valence-electron chi connectivity index (χ0n) is 17.1. The van der Waals surface area contributed by atoms with Crippen LogP contribution in [0.3, 0.4) is 0 Å². The fourth-order valence-electron chi connectivity index (χ4n) is 4.22. The molecule has 0 spiro atoms. The molecular formula is C23H28N4OS. The second-order valence-electron chi connectivity index (χ2n) is 7.75. The minimum absolute atomic E-state index is 0.257. The molecule has 2 aromatic heterocycles. The number of nitrogens with zero attached hydrogens (tertiary/aromatic N) is 4. The number of piperidine rings is 1. The first-order chi connectivity index (χ1) is 14.1. The van der Waals surface area contributed by atoms with Crippen LogP contribution < -0.4 is 0 Å². The number of rotatable bonds is 6. The molecule has 152 valence electrons. The first-order valence-corrected chi connectivity index (χ1v) is 11.4. The van der Waals surface area contributed by atoms with Crippen LogP contribution in [0.25, 0.3) is 11.5 Å². The molecule has 0 aliphatic carbocycles. The smallest absolute Gasteiger partial charge is 0.233 e. The number of hydrogen-bond acceptors (Lipinski definition) is 3. The Balaban J connectivity index is 1.49. The minimum atomic E-state index is 0.257. The number of amides is 1. The van der Waals surface area contributed by atoms with Crippen LogP contribution in [0.2, 0.25) is 0 Å². The van der Waals surface area contributed by atoms with Crippen molar-refractivity contribution < 1.29 is 4.79 Å². The molecule has 1 fully saturated rings. The van der Waals surface area contributed by atoms with E-state index in [1.54, 1.807) is 11.8 Å². The molecule has 1 aliphatic heterocycles. The summed E-state index contributed by atoms with van der Waals surface area (Å²) in [4.78, 5) is 14.9. The van der Waals surface area contributed by atoms with E-state index in [-0.39, 0.29) is 5.91 Å². The van der Waals surface area contributed by atoms with Crippen LogP contribution in [0, 0.1) is 0 Å². The molecule has 2 atom stereocenters. The predicted molar refractivity (Wildman–Crippen MR) is 119 cm³/mol.